The molecule has 1 aliphatic carbocycles. The number of aryl methyl sites for hydroxylation is 1. The van der Waals surface area contributed by atoms with Crippen molar-refractivity contribution in [1.29, 1.82) is 0 Å². The molecule has 0 spiro atoms. The van der Waals surface area contributed by atoms with Crippen LogP contribution in [0.5, 0.6) is 0 Å². The van der Waals surface area contributed by atoms with Crippen LogP contribution in [0.3, 0.4) is 0 Å². The van der Waals surface area contributed by atoms with Crippen molar-refractivity contribution < 1.29 is 9.26 Å². The van der Waals surface area contributed by atoms with Crippen LogP contribution < -0.4 is 0 Å². The maximum absolute atomic E-state index is 5.67. The molecule has 26 heavy (non-hydrogen) atoms. The monoisotopic (exact) mass is 355 g/mol. The quantitative estimate of drug-likeness (QED) is 0.791. The Balaban J connectivity index is 1.51. The Kier molecular flexibility index (Phi) is 5.09. The van der Waals surface area contributed by atoms with Crippen molar-refractivity contribution in [3.05, 3.63) is 47.1 Å². The van der Waals surface area contributed by atoms with Crippen molar-refractivity contribution in [1.82, 2.24) is 15.0 Å². The highest BCUT2D eigenvalue weighted by Gasteiger charge is 2.41. The molecule has 2 aliphatic rings. The summed E-state index contributed by atoms with van der Waals surface area (Å²) in [7, 11) is 1.78. The summed E-state index contributed by atoms with van der Waals surface area (Å²) < 4.78 is 11.0. The maximum atomic E-state index is 5.67. The third kappa shape index (κ3) is 3.42. The molecule has 0 N–H and O–H groups in total. The fourth-order valence-electron chi connectivity index (χ4n) is 4.63. The molecule has 5 nitrogen and oxygen atoms in total. The van der Waals surface area contributed by atoms with Gasteiger partial charge in [0.15, 0.2) is 5.82 Å². The molecule has 0 amide bonds. The molecule has 2 fully saturated rings. The SMILES string of the molecule is COC[C@H]1CCN(Cc2nc(C3(c4ccc(C)cc4)CCCC3)no2)C1. The van der Waals surface area contributed by atoms with Crippen LogP contribution in [0.2, 0.25) is 0 Å². The summed E-state index contributed by atoms with van der Waals surface area (Å²) in [5.74, 6) is 2.24. The molecule has 1 aromatic heterocycles. The van der Waals surface area contributed by atoms with Crippen LogP contribution in [0.4, 0.5) is 0 Å². The van der Waals surface area contributed by atoms with Gasteiger partial charge in [-0.2, -0.15) is 4.98 Å². The van der Waals surface area contributed by atoms with E-state index in [4.69, 9.17) is 14.2 Å². The lowest BCUT2D eigenvalue weighted by Gasteiger charge is -2.26. The van der Waals surface area contributed by atoms with E-state index in [1.54, 1.807) is 7.11 Å². The van der Waals surface area contributed by atoms with E-state index < -0.39 is 0 Å². The third-order valence-electron chi connectivity index (χ3n) is 6.09. The van der Waals surface area contributed by atoms with Crippen LogP contribution in [-0.2, 0) is 16.7 Å². The van der Waals surface area contributed by atoms with E-state index in [1.807, 2.05) is 0 Å². The number of hydrogen-bond donors (Lipinski definition) is 0. The second kappa shape index (κ2) is 7.49. The van der Waals surface area contributed by atoms with Gasteiger partial charge in [-0.05, 0) is 44.2 Å². The van der Waals surface area contributed by atoms with Gasteiger partial charge in [-0.25, -0.2) is 0 Å². The molecule has 140 valence electrons. The van der Waals surface area contributed by atoms with Gasteiger partial charge in [0.05, 0.1) is 18.6 Å². The molecule has 0 radical (unpaired) electrons. The lowest BCUT2D eigenvalue weighted by Crippen LogP contribution is -2.26. The number of aromatic nitrogens is 2. The van der Waals surface area contributed by atoms with Gasteiger partial charge >= 0.3 is 0 Å². The van der Waals surface area contributed by atoms with Crippen LogP contribution in [0.15, 0.2) is 28.8 Å². The zero-order chi connectivity index (χ0) is 18.0. The predicted molar refractivity (Wildman–Crippen MR) is 100.0 cm³/mol. The van der Waals surface area contributed by atoms with E-state index in [-0.39, 0.29) is 5.41 Å². The second-order valence-corrected chi connectivity index (χ2v) is 8.01. The Labute approximate surface area is 155 Å². The minimum Gasteiger partial charge on any atom is -0.384 e. The Hall–Kier alpha value is -1.72. The van der Waals surface area contributed by atoms with Crippen LogP contribution in [0, 0.1) is 12.8 Å². The normalized spacial score (nSPS) is 22.9. The van der Waals surface area contributed by atoms with Crippen molar-refractivity contribution in [2.24, 2.45) is 5.92 Å². The van der Waals surface area contributed by atoms with E-state index in [0.29, 0.717) is 5.92 Å². The molecule has 1 saturated carbocycles. The van der Waals surface area contributed by atoms with Crippen LogP contribution in [0.1, 0.15) is 54.9 Å². The molecular weight excluding hydrogens is 326 g/mol. The fourth-order valence-corrected chi connectivity index (χ4v) is 4.63. The van der Waals surface area contributed by atoms with Gasteiger partial charge in [0.2, 0.25) is 5.89 Å². The average molecular weight is 355 g/mol. The summed E-state index contributed by atoms with van der Waals surface area (Å²) in [6.07, 6.45) is 5.84. The van der Waals surface area contributed by atoms with Gasteiger partial charge in [0, 0.05) is 13.7 Å². The summed E-state index contributed by atoms with van der Waals surface area (Å²) in [6.45, 7) is 5.84. The molecule has 4 rings (SSSR count). The predicted octanol–water partition coefficient (Wildman–Crippen LogP) is 3.71. The lowest BCUT2D eigenvalue weighted by atomic mass is 9.78. The molecule has 1 aliphatic heterocycles. The van der Waals surface area contributed by atoms with Gasteiger partial charge in [0.25, 0.3) is 0 Å². The first-order valence-corrected chi connectivity index (χ1v) is 9.81. The second-order valence-electron chi connectivity index (χ2n) is 8.01. The van der Waals surface area contributed by atoms with Crippen molar-refractivity contribution in [2.75, 3.05) is 26.8 Å². The topological polar surface area (TPSA) is 51.4 Å². The largest absolute Gasteiger partial charge is 0.384 e. The number of ether oxygens (including phenoxy) is 1. The number of benzene rings is 1. The molecule has 1 aromatic carbocycles. The van der Waals surface area contributed by atoms with Crippen molar-refractivity contribution in [2.45, 2.75) is 51.0 Å². The Morgan fingerprint density at radius 1 is 1.23 bits per heavy atom. The van der Waals surface area contributed by atoms with E-state index in [9.17, 15) is 0 Å². The summed E-state index contributed by atoms with van der Waals surface area (Å²) in [4.78, 5) is 7.24. The molecule has 2 heterocycles. The summed E-state index contributed by atoms with van der Waals surface area (Å²) in [5.41, 5.74) is 2.55. The van der Waals surface area contributed by atoms with Crippen LogP contribution in [-0.4, -0.2) is 41.8 Å². The van der Waals surface area contributed by atoms with E-state index >= 15 is 0 Å². The molecule has 2 aromatic rings. The molecule has 1 saturated heterocycles. The first-order valence-electron chi connectivity index (χ1n) is 9.81. The van der Waals surface area contributed by atoms with Crippen molar-refractivity contribution in [3.63, 3.8) is 0 Å². The van der Waals surface area contributed by atoms with Gasteiger partial charge in [-0.1, -0.05) is 47.8 Å². The lowest BCUT2D eigenvalue weighted by molar-refractivity contribution is 0.151. The standard InChI is InChI=1S/C21H29N3O2/c1-16-5-7-18(8-6-16)21(10-3-4-11-21)20-22-19(26-23-20)14-24-12-9-17(13-24)15-25-2/h5-8,17H,3-4,9-15H2,1-2H3/t17-/m0/s1. The third-order valence-corrected chi connectivity index (χ3v) is 6.09. The molecular formula is C21H29N3O2. The highest BCUT2D eigenvalue weighted by Crippen LogP contribution is 2.45. The number of hydrogen-bond acceptors (Lipinski definition) is 5. The van der Waals surface area contributed by atoms with Gasteiger partial charge in [0.1, 0.15) is 0 Å². The average Bonchev–Trinajstić information content (AvgIpc) is 3.38. The minimum absolute atomic E-state index is 0.0704. The van der Waals surface area contributed by atoms with E-state index in [1.165, 1.54) is 30.4 Å². The zero-order valence-electron chi connectivity index (χ0n) is 15.9. The van der Waals surface area contributed by atoms with Gasteiger partial charge in [-0.15, -0.1) is 0 Å². The minimum atomic E-state index is -0.0704. The molecule has 5 heteroatoms. The van der Waals surface area contributed by atoms with Gasteiger partial charge in [-0.3, -0.25) is 4.90 Å². The summed E-state index contributed by atoms with van der Waals surface area (Å²) >= 11 is 0. The molecule has 0 bridgehead atoms. The Morgan fingerprint density at radius 2 is 2.00 bits per heavy atom. The first-order chi connectivity index (χ1) is 12.7. The van der Waals surface area contributed by atoms with E-state index in [2.05, 4.69) is 41.2 Å². The molecule has 0 unspecified atom stereocenters. The first kappa shape index (κ1) is 17.7. The Bertz CT molecular complexity index is 719. The zero-order valence-corrected chi connectivity index (χ0v) is 15.9. The number of rotatable bonds is 6. The summed E-state index contributed by atoms with van der Waals surface area (Å²) in [6, 6.07) is 8.87. The Morgan fingerprint density at radius 3 is 2.73 bits per heavy atom. The number of methoxy groups -OCH3 is 1. The van der Waals surface area contributed by atoms with E-state index in [0.717, 1.165) is 50.8 Å². The smallest absolute Gasteiger partial charge is 0.240 e. The highest BCUT2D eigenvalue weighted by molar-refractivity contribution is 5.35. The van der Waals surface area contributed by atoms with Crippen molar-refractivity contribution >= 4 is 0 Å². The van der Waals surface area contributed by atoms with Crippen molar-refractivity contribution in [3.8, 4) is 0 Å². The molecule has 1 atom stereocenters. The van der Waals surface area contributed by atoms with Crippen LogP contribution >= 0.6 is 0 Å². The maximum Gasteiger partial charge on any atom is 0.240 e. The fraction of sp³-hybridized carbons (Fsp3) is 0.619. The number of nitrogens with zero attached hydrogens (tertiary/aromatic N) is 3. The van der Waals surface area contributed by atoms with Gasteiger partial charge < -0.3 is 9.26 Å². The highest BCUT2D eigenvalue weighted by atomic mass is 16.5. The summed E-state index contributed by atoms with van der Waals surface area (Å²) in [5, 5.41) is 4.43. The number of likely N-dealkylation sites (tertiary alicyclic amines) is 1. The van der Waals surface area contributed by atoms with Crippen LogP contribution in [0.25, 0.3) is 0 Å².